The number of nitrogens with zero attached hydrogens (tertiary/aromatic N) is 6. The summed E-state index contributed by atoms with van der Waals surface area (Å²) in [7, 11) is 0. The molecule has 178 valence electrons. The fourth-order valence-corrected chi connectivity index (χ4v) is 5.18. The van der Waals surface area contributed by atoms with E-state index in [4.69, 9.17) is 9.97 Å². The van der Waals surface area contributed by atoms with E-state index in [2.05, 4.69) is 58.9 Å². The Morgan fingerprint density at radius 2 is 1.82 bits per heavy atom. The standard InChI is InChI=1S/C27H35N7/c1-19-10-9-13-22(30-19)26-25(20-14-15-24-28-18-29-34(24)16-20)31-23(32-26)17-33(27(2,3)4)21-11-7-5-6-8-12-21/h9-10,13-16,18,21H,5-8,11-12,17H2,1-4H3,(H,31,32). The number of imidazole rings is 1. The molecule has 0 unspecified atom stereocenters. The lowest BCUT2D eigenvalue weighted by molar-refractivity contribution is 0.0614. The van der Waals surface area contributed by atoms with Gasteiger partial charge in [0.1, 0.15) is 12.2 Å². The first-order chi connectivity index (χ1) is 16.4. The van der Waals surface area contributed by atoms with Crippen LogP contribution in [0.5, 0.6) is 0 Å². The van der Waals surface area contributed by atoms with Gasteiger partial charge < -0.3 is 4.98 Å². The van der Waals surface area contributed by atoms with Crippen LogP contribution in [0, 0.1) is 6.92 Å². The quantitative estimate of drug-likeness (QED) is 0.383. The van der Waals surface area contributed by atoms with Crippen LogP contribution < -0.4 is 0 Å². The van der Waals surface area contributed by atoms with Crippen molar-refractivity contribution in [1.82, 2.24) is 34.4 Å². The van der Waals surface area contributed by atoms with Crippen LogP contribution in [-0.2, 0) is 6.54 Å². The molecule has 0 bridgehead atoms. The summed E-state index contributed by atoms with van der Waals surface area (Å²) in [6.07, 6.45) is 11.4. The molecule has 4 heterocycles. The van der Waals surface area contributed by atoms with Gasteiger partial charge >= 0.3 is 0 Å². The fraction of sp³-hybridized carbons (Fsp3) is 0.481. The van der Waals surface area contributed by atoms with Crippen molar-refractivity contribution in [1.29, 1.82) is 0 Å². The lowest BCUT2D eigenvalue weighted by Crippen LogP contribution is -2.47. The first-order valence-electron chi connectivity index (χ1n) is 12.5. The van der Waals surface area contributed by atoms with Crippen molar-refractivity contribution in [2.24, 2.45) is 0 Å². The highest BCUT2D eigenvalue weighted by Crippen LogP contribution is 2.33. The van der Waals surface area contributed by atoms with Gasteiger partial charge in [0.05, 0.1) is 23.6 Å². The molecule has 0 spiro atoms. The van der Waals surface area contributed by atoms with Gasteiger partial charge in [0.2, 0.25) is 0 Å². The van der Waals surface area contributed by atoms with Crippen molar-refractivity contribution in [3.8, 4) is 22.6 Å². The molecule has 0 atom stereocenters. The van der Waals surface area contributed by atoms with Crippen molar-refractivity contribution in [3.05, 3.63) is 54.4 Å². The van der Waals surface area contributed by atoms with Gasteiger partial charge in [-0.05, 0) is 64.8 Å². The van der Waals surface area contributed by atoms with Crippen molar-refractivity contribution in [2.75, 3.05) is 0 Å². The van der Waals surface area contributed by atoms with E-state index in [0.29, 0.717) is 6.04 Å². The number of pyridine rings is 2. The summed E-state index contributed by atoms with van der Waals surface area (Å²) >= 11 is 0. The molecule has 1 fully saturated rings. The predicted octanol–water partition coefficient (Wildman–Crippen LogP) is 5.81. The third-order valence-corrected chi connectivity index (χ3v) is 6.89. The van der Waals surface area contributed by atoms with Crippen molar-refractivity contribution in [2.45, 2.75) is 84.3 Å². The van der Waals surface area contributed by atoms with E-state index in [1.54, 1.807) is 10.8 Å². The van der Waals surface area contributed by atoms with Gasteiger partial charge in [-0.25, -0.2) is 14.5 Å². The molecule has 4 aromatic rings. The van der Waals surface area contributed by atoms with E-state index in [1.807, 2.05) is 25.3 Å². The minimum atomic E-state index is 0.0589. The van der Waals surface area contributed by atoms with Crippen LogP contribution in [-0.4, -0.2) is 46.0 Å². The SMILES string of the molecule is Cc1cccc(-c2[nH]c(CN(C3CCCCCC3)C(C)(C)C)nc2-c2ccc3ncnn3c2)n1. The minimum Gasteiger partial charge on any atom is -0.339 e. The molecule has 34 heavy (non-hydrogen) atoms. The van der Waals surface area contributed by atoms with Crippen LogP contribution in [0.1, 0.15) is 70.8 Å². The lowest BCUT2D eigenvalue weighted by Gasteiger charge is -2.41. The van der Waals surface area contributed by atoms with Crippen LogP contribution in [0.2, 0.25) is 0 Å². The highest BCUT2D eigenvalue weighted by Gasteiger charge is 2.30. The molecule has 1 saturated carbocycles. The van der Waals surface area contributed by atoms with E-state index in [0.717, 1.165) is 46.4 Å². The van der Waals surface area contributed by atoms with Crippen LogP contribution >= 0.6 is 0 Å². The van der Waals surface area contributed by atoms with Gasteiger partial charge in [0.15, 0.2) is 5.65 Å². The zero-order chi connectivity index (χ0) is 23.7. The van der Waals surface area contributed by atoms with Gasteiger partial charge in [-0.1, -0.05) is 31.7 Å². The Morgan fingerprint density at radius 1 is 1.03 bits per heavy atom. The normalized spacial score (nSPS) is 15.8. The third-order valence-electron chi connectivity index (χ3n) is 6.89. The second-order valence-corrected chi connectivity index (χ2v) is 10.5. The van der Waals surface area contributed by atoms with E-state index >= 15 is 0 Å². The van der Waals surface area contributed by atoms with Crippen LogP contribution in [0.15, 0.2) is 42.9 Å². The van der Waals surface area contributed by atoms with Crippen LogP contribution in [0.3, 0.4) is 0 Å². The summed E-state index contributed by atoms with van der Waals surface area (Å²) in [5.41, 5.74) is 5.62. The second-order valence-electron chi connectivity index (χ2n) is 10.5. The number of fused-ring (bicyclic) bond motifs is 1. The molecule has 0 radical (unpaired) electrons. The maximum absolute atomic E-state index is 5.15. The Morgan fingerprint density at radius 3 is 2.56 bits per heavy atom. The van der Waals surface area contributed by atoms with Gasteiger partial charge in [0, 0.05) is 29.0 Å². The molecule has 0 amide bonds. The number of H-pyrrole nitrogens is 1. The number of hydrogen-bond acceptors (Lipinski definition) is 5. The molecule has 7 heteroatoms. The highest BCUT2D eigenvalue weighted by atomic mass is 15.3. The predicted molar refractivity (Wildman–Crippen MR) is 135 cm³/mol. The molecule has 0 saturated heterocycles. The minimum absolute atomic E-state index is 0.0589. The van der Waals surface area contributed by atoms with E-state index < -0.39 is 0 Å². The summed E-state index contributed by atoms with van der Waals surface area (Å²) < 4.78 is 1.80. The van der Waals surface area contributed by atoms with Crippen molar-refractivity contribution in [3.63, 3.8) is 0 Å². The van der Waals surface area contributed by atoms with E-state index in [1.165, 1.54) is 38.5 Å². The average Bonchev–Trinajstić information content (AvgIpc) is 3.36. The Bertz CT molecular complexity index is 1260. The van der Waals surface area contributed by atoms with Crippen LogP contribution in [0.4, 0.5) is 0 Å². The summed E-state index contributed by atoms with van der Waals surface area (Å²) in [4.78, 5) is 20.5. The third kappa shape index (κ3) is 4.75. The largest absolute Gasteiger partial charge is 0.339 e. The first kappa shape index (κ1) is 22.7. The summed E-state index contributed by atoms with van der Waals surface area (Å²) in [6.45, 7) is 9.78. The summed E-state index contributed by atoms with van der Waals surface area (Å²) in [5, 5.41) is 4.32. The molecular weight excluding hydrogens is 422 g/mol. The molecule has 0 aromatic carbocycles. The molecular formula is C27H35N7. The van der Waals surface area contributed by atoms with Crippen molar-refractivity contribution < 1.29 is 0 Å². The zero-order valence-electron chi connectivity index (χ0n) is 20.8. The highest BCUT2D eigenvalue weighted by molar-refractivity contribution is 5.77. The topological polar surface area (TPSA) is 75.0 Å². The fourth-order valence-electron chi connectivity index (χ4n) is 5.18. The van der Waals surface area contributed by atoms with Gasteiger partial charge in [-0.3, -0.25) is 9.88 Å². The molecule has 5 rings (SSSR count). The number of nitrogens with one attached hydrogen (secondary N) is 1. The average molecular weight is 458 g/mol. The van der Waals surface area contributed by atoms with Gasteiger partial charge in [-0.15, -0.1) is 0 Å². The summed E-state index contributed by atoms with van der Waals surface area (Å²) in [5.74, 6) is 0.978. The van der Waals surface area contributed by atoms with E-state index in [-0.39, 0.29) is 5.54 Å². The maximum atomic E-state index is 5.15. The molecule has 1 aliphatic rings. The monoisotopic (exact) mass is 457 g/mol. The van der Waals surface area contributed by atoms with Crippen LogP contribution in [0.25, 0.3) is 28.3 Å². The number of aromatic nitrogens is 6. The molecule has 4 aromatic heterocycles. The summed E-state index contributed by atoms with van der Waals surface area (Å²) in [6, 6.07) is 10.8. The Kier molecular flexibility index (Phi) is 6.21. The Labute approximate surface area is 201 Å². The molecule has 0 aliphatic heterocycles. The number of rotatable bonds is 5. The Balaban J connectivity index is 1.56. The Hall–Kier alpha value is -3.06. The molecule has 1 N–H and O–H groups in total. The first-order valence-corrected chi connectivity index (χ1v) is 12.5. The number of aryl methyl sites for hydroxylation is 1. The van der Waals surface area contributed by atoms with Crippen molar-refractivity contribution >= 4 is 5.65 Å². The number of aromatic amines is 1. The van der Waals surface area contributed by atoms with Gasteiger partial charge in [-0.2, -0.15) is 5.10 Å². The van der Waals surface area contributed by atoms with E-state index in [9.17, 15) is 0 Å². The molecule has 1 aliphatic carbocycles. The smallest absolute Gasteiger partial charge is 0.155 e. The second kappa shape index (κ2) is 9.29. The lowest BCUT2D eigenvalue weighted by atomic mass is 9.98. The zero-order valence-corrected chi connectivity index (χ0v) is 20.8. The van der Waals surface area contributed by atoms with Gasteiger partial charge in [0.25, 0.3) is 0 Å². The molecule has 7 nitrogen and oxygen atoms in total. The number of hydrogen-bond donors (Lipinski definition) is 1. The maximum Gasteiger partial charge on any atom is 0.155 e.